The Labute approximate surface area is 327 Å². The van der Waals surface area contributed by atoms with E-state index in [1.165, 1.54) is 4.31 Å². The number of amidine groups is 1. The Balaban J connectivity index is 1.28. The second-order valence-electron chi connectivity index (χ2n) is 13.9. The minimum absolute atomic E-state index is 0.0588. The number of morpholine rings is 1. The molecule has 7 rings (SSSR count). The number of ether oxygens (including phenoxy) is 2. The van der Waals surface area contributed by atoms with Crippen LogP contribution in [0.15, 0.2) is 76.6 Å². The lowest BCUT2D eigenvalue weighted by atomic mass is 9.93. The minimum Gasteiger partial charge on any atom is -0.493 e. The van der Waals surface area contributed by atoms with Gasteiger partial charge in [0.05, 0.1) is 42.9 Å². The van der Waals surface area contributed by atoms with Crippen LogP contribution in [-0.2, 0) is 19.6 Å². The fourth-order valence-corrected chi connectivity index (χ4v) is 9.38. The summed E-state index contributed by atoms with van der Waals surface area (Å²) in [5.74, 6) is 0.789. The molecule has 3 aromatic carbocycles. The number of urea groups is 1. The number of hydrogen-bond acceptors (Lipinski definition) is 8. The lowest BCUT2D eigenvalue weighted by Gasteiger charge is -2.39. The maximum absolute atomic E-state index is 15.1. The molecule has 4 aliphatic heterocycles. The van der Waals surface area contributed by atoms with E-state index in [9.17, 15) is 13.2 Å². The van der Waals surface area contributed by atoms with Crippen LogP contribution in [0, 0.1) is 0 Å². The molecule has 4 aliphatic rings. The van der Waals surface area contributed by atoms with Gasteiger partial charge in [-0.2, -0.15) is 4.31 Å². The van der Waals surface area contributed by atoms with Gasteiger partial charge in [-0.05, 0) is 73.4 Å². The molecule has 3 aromatic rings. The van der Waals surface area contributed by atoms with E-state index >= 15 is 4.79 Å². The van der Waals surface area contributed by atoms with Crippen LogP contribution in [0.3, 0.4) is 0 Å². The fourth-order valence-electron chi connectivity index (χ4n) is 7.59. The predicted molar refractivity (Wildman–Crippen MR) is 208 cm³/mol. The number of halogens is 2. The first-order valence-electron chi connectivity index (χ1n) is 18.7. The maximum Gasteiger partial charge on any atom is 0.326 e. The van der Waals surface area contributed by atoms with Crippen molar-refractivity contribution in [1.29, 1.82) is 0 Å². The highest BCUT2D eigenvalue weighted by molar-refractivity contribution is 7.89. The molecule has 0 radical (unpaired) electrons. The third kappa shape index (κ3) is 8.26. The van der Waals surface area contributed by atoms with Crippen LogP contribution < -0.4 is 4.74 Å². The summed E-state index contributed by atoms with van der Waals surface area (Å²) in [6, 6.07) is 18.1. The normalized spacial score (nSPS) is 21.6. The third-order valence-corrected chi connectivity index (χ3v) is 12.9. The van der Waals surface area contributed by atoms with Crippen molar-refractivity contribution >= 4 is 51.0 Å². The van der Waals surface area contributed by atoms with E-state index in [1.54, 1.807) is 52.3 Å². The van der Waals surface area contributed by atoms with Crippen LogP contribution in [0.5, 0.6) is 5.75 Å². The Morgan fingerprint density at radius 2 is 1.43 bits per heavy atom. The lowest BCUT2D eigenvalue weighted by molar-refractivity contribution is -0.136. The highest BCUT2D eigenvalue weighted by Crippen LogP contribution is 2.46. The summed E-state index contributed by atoms with van der Waals surface area (Å²) in [6.07, 6.45) is 2.60. The fraction of sp³-hybridized carbons (Fsp3) is 0.462. The van der Waals surface area contributed by atoms with Crippen molar-refractivity contribution < 1.29 is 27.5 Å². The zero-order valence-electron chi connectivity index (χ0n) is 30.4. The quantitative estimate of drug-likeness (QED) is 0.273. The summed E-state index contributed by atoms with van der Waals surface area (Å²) in [4.78, 5) is 40.9. The van der Waals surface area contributed by atoms with Crippen LogP contribution >= 0.6 is 23.2 Å². The molecule has 0 bridgehead atoms. The van der Waals surface area contributed by atoms with Crippen LogP contribution in [0.25, 0.3) is 0 Å². The number of amides is 3. The molecule has 15 heteroatoms. The second kappa shape index (κ2) is 17.0. The van der Waals surface area contributed by atoms with Gasteiger partial charge in [0.1, 0.15) is 17.6 Å². The topological polar surface area (TPSA) is 115 Å². The molecular formula is C39H46Cl2N6O6S. The Hall–Kier alpha value is -3.72. The Morgan fingerprint density at radius 1 is 0.796 bits per heavy atom. The first-order valence-corrected chi connectivity index (χ1v) is 20.9. The van der Waals surface area contributed by atoms with Gasteiger partial charge >= 0.3 is 6.03 Å². The number of piperazine rings is 1. The largest absolute Gasteiger partial charge is 0.493 e. The average Bonchev–Trinajstić information content (AvgIpc) is 3.59. The van der Waals surface area contributed by atoms with Crippen molar-refractivity contribution in [2.24, 2.45) is 4.99 Å². The number of aliphatic imine (C=N–C) groups is 1. The Bertz CT molecular complexity index is 1940. The van der Waals surface area contributed by atoms with E-state index in [-0.39, 0.29) is 23.4 Å². The van der Waals surface area contributed by atoms with Gasteiger partial charge in [-0.3, -0.25) is 19.6 Å². The molecule has 0 aromatic heterocycles. The molecule has 0 aliphatic carbocycles. The van der Waals surface area contributed by atoms with Crippen LogP contribution in [0.1, 0.15) is 55.0 Å². The summed E-state index contributed by atoms with van der Waals surface area (Å²) >= 11 is 12.7. The van der Waals surface area contributed by atoms with Crippen molar-refractivity contribution in [3.05, 3.63) is 93.5 Å². The van der Waals surface area contributed by atoms with E-state index in [1.807, 2.05) is 36.1 Å². The van der Waals surface area contributed by atoms with Crippen molar-refractivity contribution in [1.82, 2.24) is 23.9 Å². The summed E-state index contributed by atoms with van der Waals surface area (Å²) in [6.45, 7) is 7.42. The van der Waals surface area contributed by atoms with E-state index in [2.05, 4.69) is 4.90 Å². The first kappa shape index (κ1) is 38.6. The molecular weight excluding hydrogens is 751 g/mol. The molecule has 0 spiro atoms. The van der Waals surface area contributed by atoms with Gasteiger partial charge in [0.15, 0.2) is 0 Å². The second-order valence-corrected chi connectivity index (χ2v) is 16.7. The zero-order chi connectivity index (χ0) is 37.8. The van der Waals surface area contributed by atoms with Crippen LogP contribution in [0.4, 0.5) is 4.79 Å². The maximum atomic E-state index is 15.1. The third-order valence-electron chi connectivity index (χ3n) is 10.5. The van der Waals surface area contributed by atoms with Crippen molar-refractivity contribution in [3.8, 4) is 5.75 Å². The van der Waals surface area contributed by atoms with Crippen molar-refractivity contribution in [2.45, 2.75) is 43.2 Å². The number of carbonyl (C=O) groups is 2. The van der Waals surface area contributed by atoms with Crippen LogP contribution in [0.2, 0.25) is 10.0 Å². The van der Waals surface area contributed by atoms with E-state index < -0.39 is 22.1 Å². The zero-order valence-corrected chi connectivity index (χ0v) is 32.7. The van der Waals surface area contributed by atoms with Gasteiger partial charge in [-0.1, -0.05) is 53.9 Å². The highest BCUT2D eigenvalue weighted by Gasteiger charge is 2.45. The number of piperidine rings is 1. The molecule has 2 atom stereocenters. The van der Waals surface area contributed by atoms with Crippen LogP contribution in [-0.4, -0.2) is 129 Å². The number of sulfonamides is 1. The number of nitrogens with zero attached hydrogens (tertiary/aromatic N) is 6. The van der Waals surface area contributed by atoms with Crippen molar-refractivity contribution in [3.63, 3.8) is 0 Å². The molecule has 0 unspecified atom stereocenters. The number of benzene rings is 3. The summed E-state index contributed by atoms with van der Waals surface area (Å²) in [5.41, 5.74) is 2.04. The summed E-state index contributed by atoms with van der Waals surface area (Å²) in [5, 5.41) is 1.12. The molecule has 4 heterocycles. The molecule has 0 N–H and O–H groups in total. The molecule has 3 amide bonds. The standard InChI is InChI=1S/C39H46Cl2N6O6S/c1-2-53-34-15-14-32(54(50,51)46-16-4-3-5-17-46)26-33(34)38-42-36(28-6-10-30(40)11-7-28)37(29-8-12-31(41)13-9-29)47(38)39(49)45-20-18-43(19-21-45)27-35(48)44-22-24-52-25-23-44/h6-15,26,36-37H,2-5,16-25,27H2,1H3/t36-,37+/m0/s1. The summed E-state index contributed by atoms with van der Waals surface area (Å²) in [7, 11) is -3.83. The Morgan fingerprint density at radius 3 is 2.06 bits per heavy atom. The van der Waals surface area contributed by atoms with Crippen molar-refractivity contribution in [2.75, 3.05) is 78.7 Å². The lowest BCUT2D eigenvalue weighted by Crippen LogP contribution is -2.56. The van der Waals surface area contributed by atoms with Gasteiger partial charge < -0.3 is 19.3 Å². The Kier molecular flexibility index (Phi) is 12.1. The van der Waals surface area contributed by atoms with Gasteiger partial charge in [0.25, 0.3) is 0 Å². The molecule has 3 fully saturated rings. The summed E-state index contributed by atoms with van der Waals surface area (Å²) < 4.78 is 41.1. The van der Waals surface area contributed by atoms with E-state index in [4.69, 9.17) is 37.7 Å². The number of rotatable bonds is 9. The van der Waals surface area contributed by atoms with Gasteiger partial charge in [-0.15, -0.1) is 0 Å². The van der Waals surface area contributed by atoms with Gasteiger partial charge in [0, 0.05) is 62.4 Å². The average molecular weight is 798 g/mol. The van der Waals surface area contributed by atoms with Gasteiger partial charge in [-0.25, -0.2) is 13.2 Å². The minimum atomic E-state index is -3.83. The number of carbonyl (C=O) groups excluding carboxylic acids is 2. The van der Waals surface area contributed by atoms with Gasteiger partial charge in [0.2, 0.25) is 15.9 Å². The predicted octanol–water partition coefficient (Wildman–Crippen LogP) is 5.71. The smallest absolute Gasteiger partial charge is 0.326 e. The molecule has 54 heavy (non-hydrogen) atoms. The first-order chi connectivity index (χ1) is 26.1. The SMILES string of the molecule is CCOc1ccc(S(=O)(=O)N2CCCCC2)cc1C1=N[C@@H](c2ccc(Cl)cc2)[C@@H](c2ccc(Cl)cc2)N1C(=O)N1CCN(CC(=O)N2CCOCC2)CC1. The molecule has 288 valence electrons. The molecule has 12 nitrogen and oxygen atoms in total. The monoisotopic (exact) mass is 796 g/mol. The number of hydrogen-bond donors (Lipinski definition) is 0. The molecule has 0 saturated carbocycles. The molecule has 3 saturated heterocycles. The van der Waals surface area contributed by atoms with E-state index in [0.29, 0.717) is 99.4 Å². The highest BCUT2D eigenvalue weighted by atomic mass is 35.5. The van der Waals surface area contributed by atoms with E-state index in [0.717, 1.165) is 30.4 Å².